The summed E-state index contributed by atoms with van der Waals surface area (Å²) in [6.45, 7) is 6.12. The summed E-state index contributed by atoms with van der Waals surface area (Å²) in [6.07, 6.45) is 5.03. The molecular formula is C10H21NO. The Labute approximate surface area is 75.6 Å². The SMILES string of the molecule is CCCN(CCCO)CC1CC1. The molecule has 12 heavy (non-hydrogen) atoms. The standard InChI is InChI=1S/C10H21NO/c1-2-6-11(7-3-8-12)9-10-4-5-10/h10,12H,2-9H2,1H3. The third-order valence-electron chi connectivity index (χ3n) is 2.39. The highest BCUT2D eigenvalue weighted by Gasteiger charge is 2.23. The summed E-state index contributed by atoms with van der Waals surface area (Å²) < 4.78 is 0. The summed E-state index contributed by atoms with van der Waals surface area (Å²) in [5.74, 6) is 0.982. The van der Waals surface area contributed by atoms with E-state index in [1.54, 1.807) is 0 Å². The lowest BCUT2D eigenvalue weighted by atomic mass is 10.3. The van der Waals surface area contributed by atoms with Crippen LogP contribution < -0.4 is 0 Å². The minimum absolute atomic E-state index is 0.338. The minimum atomic E-state index is 0.338. The first-order chi connectivity index (χ1) is 5.86. The van der Waals surface area contributed by atoms with E-state index in [2.05, 4.69) is 11.8 Å². The summed E-state index contributed by atoms with van der Waals surface area (Å²) in [5.41, 5.74) is 0. The Morgan fingerprint density at radius 1 is 1.33 bits per heavy atom. The molecule has 0 aromatic heterocycles. The lowest BCUT2D eigenvalue weighted by Gasteiger charge is -2.20. The second-order valence-electron chi connectivity index (χ2n) is 3.82. The zero-order chi connectivity index (χ0) is 8.81. The maximum atomic E-state index is 8.71. The van der Waals surface area contributed by atoms with Crippen LogP contribution in [0.2, 0.25) is 0 Å². The molecule has 1 aliphatic rings. The van der Waals surface area contributed by atoms with Gasteiger partial charge in [-0.25, -0.2) is 0 Å². The predicted molar refractivity (Wildman–Crippen MR) is 51.2 cm³/mol. The van der Waals surface area contributed by atoms with E-state index in [0.29, 0.717) is 6.61 Å². The summed E-state index contributed by atoms with van der Waals surface area (Å²) in [5, 5.41) is 8.71. The Hall–Kier alpha value is -0.0800. The normalized spacial score (nSPS) is 17.2. The van der Waals surface area contributed by atoms with Gasteiger partial charge >= 0.3 is 0 Å². The molecule has 72 valence electrons. The van der Waals surface area contributed by atoms with Crippen molar-refractivity contribution < 1.29 is 5.11 Å². The van der Waals surface area contributed by atoms with Crippen LogP contribution in [0.1, 0.15) is 32.6 Å². The first-order valence-electron chi connectivity index (χ1n) is 5.20. The highest BCUT2D eigenvalue weighted by atomic mass is 16.3. The molecule has 0 unspecified atom stereocenters. The van der Waals surface area contributed by atoms with E-state index in [1.165, 1.54) is 32.4 Å². The zero-order valence-corrected chi connectivity index (χ0v) is 8.13. The van der Waals surface area contributed by atoms with Gasteiger partial charge in [0.25, 0.3) is 0 Å². The van der Waals surface area contributed by atoms with Crippen molar-refractivity contribution in [2.24, 2.45) is 5.92 Å². The van der Waals surface area contributed by atoms with E-state index in [0.717, 1.165) is 18.9 Å². The summed E-state index contributed by atoms with van der Waals surface area (Å²) in [4.78, 5) is 2.49. The van der Waals surface area contributed by atoms with Gasteiger partial charge in [0.05, 0.1) is 0 Å². The summed E-state index contributed by atoms with van der Waals surface area (Å²) >= 11 is 0. The van der Waals surface area contributed by atoms with Gasteiger partial charge in [-0.3, -0.25) is 0 Å². The average molecular weight is 171 g/mol. The predicted octanol–water partition coefficient (Wildman–Crippen LogP) is 1.49. The molecule has 0 spiro atoms. The van der Waals surface area contributed by atoms with Crippen LogP contribution in [0.5, 0.6) is 0 Å². The van der Waals surface area contributed by atoms with Crippen molar-refractivity contribution in [3.8, 4) is 0 Å². The molecule has 1 rings (SSSR count). The van der Waals surface area contributed by atoms with Crippen molar-refractivity contribution in [1.82, 2.24) is 4.90 Å². The Morgan fingerprint density at radius 2 is 2.08 bits per heavy atom. The molecule has 1 fully saturated rings. The number of nitrogens with zero attached hydrogens (tertiary/aromatic N) is 1. The number of aliphatic hydroxyl groups is 1. The van der Waals surface area contributed by atoms with Gasteiger partial charge in [-0.15, -0.1) is 0 Å². The van der Waals surface area contributed by atoms with Crippen molar-refractivity contribution in [2.75, 3.05) is 26.2 Å². The van der Waals surface area contributed by atoms with Gasteiger partial charge in [-0.2, -0.15) is 0 Å². The molecule has 2 heteroatoms. The molecule has 2 nitrogen and oxygen atoms in total. The molecule has 0 saturated heterocycles. The van der Waals surface area contributed by atoms with Crippen LogP contribution in [0.25, 0.3) is 0 Å². The van der Waals surface area contributed by atoms with Crippen LogP contribution in [0.4, 0.5) is 0 Å². The highest BCUT2D eigenvalue weighted by Crippen LogP contribution is 2.29. The quantitative estimate of drug-likeness (QED) is 0.627. The van der Waals surface area contributed by atoms with Gasteiger partial charge in [-0.1, -0.05) is 6.92 Å². The van der Waals surface area contributed by atoms with Crippen molar-refractivity contribution in [1.29, 1.82) is 0 Å². The van der Waals surface area contributed by atoms with E-state index >= 15 is 0 Å². The maximum absolute atomic E-state index is 8.71. The van der Waals surface area contributed by atoms with Crippen LogP contribution >= 0.6 is 0 Å². The topological polar surface area (TPSA) is 23.5 Å². The fourth-order valence-electron chi connectivity index (χ4n) is 1.57. The van der Waals surface area contributed by atoms with Gasteiger partial charge in [0.1, 0.15) is 0 Å². The number of aliphatic hydroxyl groups excluding tert-OH is 1. The smallest absolute Gasteiger partial charge is 0.0443 e. The van der Waals surface area contributed by atoms with Crippen LogP contribution in [-0.2, 0) is 0 Å². The molecule has 0 atom stereocenters. The van der Waals surface area contributed by atoms with Gasteiger partial charge in [-0.05, 0) is 38.1 Å². The third-order valence-corrected chi connectivity index (χ3v) is 2.39. The Bertz CT molecular complexity index is 112. The van der Waals surface area contributed by atoms with Crippen LogP contribution in [-0.4, -0.2) is 36.2 Å². The third kappa shape index (κ3) is 4.07. The Balaban J connectivity index is 2.07. The van der Waals surface area contributed by atoms with Crippen molar-refractivity contribution in [2.45, 2.75) is 32.6 Å². The molecule has 0 aromatic rings. The fraction of sp³-hybridized carbons (Fsp3) is 1.00. The second-order valence-corrected chi connectivity index (χ2v) is 3.82. The number of rotatable bonds is 7. The lowest BCUT2D eigenvalue weighted by Crippen LogP contribution is -2.28. The van der Waals surface area contributed by atoms with Gasteiger partial charge in [0, 0.05) is 19.7 Å². The minimum Gasteiger partial charge on any atom is -0.396 e. The number of hydrogen-bond donors (Lipinski definition) is 1. The monoisotopic (exact) mass is 171 g/mol. The average Bonchev–Trinajstić information content (AvgIpc) is 2.84. The molecular weight excluding hydrogens is 150 g/mol. The molecule has 1 saturated carbocycles. The van der Waals surface area contributed by atoms with Gasteiger partial charge in [0.2, 0.25) is 0 Å². The van der Waals surface area contributed by atoms with Crippen molar-refractivity contribution in [3.63, 3.8) is 0 Å². The Kier molecular flexibility index (Phi) is 4.62. The second kappa shape index (κ2) is 5.55. The molecule has 0 aromatic carbocycles. The Morgan fingerprint density at radius 3 is 2.58 bits per heavy atom. The molecule has 1 aliphatic carbocycles. The summed E-state index contributed by atoms with van der Waals surface area (Å²) in [6, 6.07) is 0. The van der Waals surface area contributed by atoms with Crippen molar-refractivity contribution in [3.05, 3.63) is 0 Å². The lowest BCUT2D eigenvalue weighted by molar-refractivity contribution is 0.218. The maximum Gasteiger partial charge on any atom is 0.0443 e. The molecule has 0 heterocycles. The first kappa shape index (κ1) is 10.0. The molecule has 1 N–H and O–H groups in total. The van der Waals surface area contributed by atoms with E-state index in [-0.39, 0.29) is 0 Å². The van der Waals surface area contributed by atoms with Gasteiger partial charge in [0.15, 0.2) is 0 Å². The molecule has 0 bridgehead atoms. The van der Waals surface area contributed by atoms with Crippen LogP contribution in [0.3, 0.4) is 0 Å². The van der Waals surface area contributed by atoms with Crippen LogP contribution in [0.15, 0.2) is 0 Å². The number of hydrogen-bond acceptors (Lipinski definition) is 2. The largest absolute Gasteiger partial charge is 0.396 e. The van der Waals surface area contributed by atoms with Crippen molar-refractivity contribution >= 4 is 0 Å². The fourth-order valence-corrected chi connectivity index (χ4v) is 1.57. The van der Waals surface area contributed by atoms with Crippen LogP contribution in [0, 0.1) is 5.92 Å². The highest BCUT2D eigenvalue weighted by molar-refractivity contribution is 4.77. The van der Waals surface area contributed by atoms with Gasteiger partial charge < -0.3 is 10.0 Å². The zero-order valence-electron chi connectivity index (χ0n) is 8.13. The molecule has 0 amide bonds. The summed E-state index contributed by atoms with van der Waals surface area (Å²) in [7, 11) is 0. The van der Waals surface area contributed by atoms with E-state index in [9.17, 15) is 0 Å². The van der Waals surface area contributed by atoms with E-state index < -0.39 is 0 Å². The van der Waals surface area contributed by atoms with E-state index in [1.807, 2.05) is 0 Å². The molecule has 0 aliphatic heterocycles. The van der Waals surface area contributed by atoms with E-state index in [4.69, 9.17) is 5.11 Å². The first-order valence-corrected chi connectivity index (χ1v) is 5.20. The molecule has 0 radical (unpaired) electrons.